The summed E-state index contributed by atoms with van der Waals surface area (Å²) < 4.78 is 0. The van der Waals surface area contributed by atoms with E-state index in [-0.39, 0.29) is 11.3 Å². The highest BCUT2D eigenvalue weighted by Crippen LogP contribution is 2.20. The van der Waals surface area contributed by atoms with Crippen molar-refractivity contribution in [3.05, 3.63) is 53.1 Å². The standard InChI is InChI=1S/C14H10ClN3O2/c15-8-5-6-10-11(7-8)17-14(16-10)18-13(20)9-3-1-2-4-12(9)19/h1-7,19H,(H2,16,17,18,20). The fourth-order valence-corrected chi connectivity index (χ4v) is 2.05. The number of aromatic nitrogens is 2. The van der Waals surface area contributed by atoms with Crippen LogP contribution in [0.15, 0.2) is 42.5 Å². The molecule has 3 rings (SSSR count). The number of anilines is 1. The van der Waals surface area contributed by atoms with Gasteiger partial charge in [0.2, 0.25) is 5.95 Å². The first-order valence-corrected chi connectivity index (χ1v) is 6.26. The van der Waals surface area contributed by atoms with Gasteiger partial charge >= 0.3 is 0 Å². The van der Waals surface area contributed by atoms with Gasteiger partial charge in [-0.2, -0.15) is 0 Å². The summed E-state index contributed by atoms with van der Waals surface area (Å²) in [6.45, 7) is 0. The van der Waals surface area contributed by atoms with Gasteiger partial charge < -0.3 is 10.1 Å². The van der Waals surface area contributed by atoms with Crippen molar-refractivity contribution < 1.29 is 9.90 Å². The maximum Gasteiger partial charge on any atom is 0.261 e. The molecule has 0 aliphatic heterocycles. The molecule has 3 N–H and O–H groups in total. The predicted molar refractivity (Wildman–Crippen MR) is 77.2 cm³/mol. The average molecular weight is 288 g/mol. The minimum Gasteiger partial charge on any atom is -0.507 e. The fourth-order valence-electron chi connectivity index (χ4n) is 1.88. The average Bonchev–Trinajstić information content (AvgIpc) is 2.80. The zero-order valence-electron chi connectivity index (χ0n) is 10.2. The molecule has 1 aromatic heterocycles. The normalized spacial score (nSPS) is 10.7. The predicted octanol–water partition coefficient (Wildman–Crippen LogP) is 3.17. The molecule has 1 amide bonds. The van der Waals surface area contributed by atoms with Crippen LogP contribution in [0.4, 0.5) is 5.95 Å². The van der Waals surface area contributed by atoms with Crippen LogP contribution in [0.5, 0.6) is 5.75 Å². The molecule has 0 spiro atoms. The molecule has 100 valence electrons. The Balaban J connectivity index is 1.89. The number of nitrogens with one attached hydrogen (secondary N) is 2. The number of hydrogen-bond acceptors (Lipinski definition) is 3. The second-order valence-corrected chi connectivity index (χ2v) is 4.65. The van der Waals surface area contributed by atoms with Gasteiger partial charge in [0.15, 0.2) is 0 Å². The van der Waals surface area contributed by atoms with Gasteiger partial charge in [-0.25, -0.2) is 4.98 Å². The number of fused-ring (bicyclic) bond motifs is 1. The highest BCUT2D eigenvalue weighted by atomic mass is 35.5. The number of carbonyl (C=O) groups excluding carboxylic acids is 1. The number of hydrogen-bond donors (Lipinski definition) is 3. The van der Waals surface area contributed by atoms with Gasteiger partial charge in [-0.3, -0.25) is 10.1 Å². The van der Waals surface area contributed by atoms with E-state index in [2.05, 4.69) is 15.3 Å². The van der Waals surface area contributed by atoms with Crippen LogP contribution in [0, 0.1) is 0 Å². The van der Waals surface area contributed by atoms with Gasteiger partial charge in [-0.15, -0.1) is 0 Å². The number of carbonyl (C=O) groups is 1. The highest BCUT2D eigenvalue weighted by Gasteiger charge is 2.12. The van der Waals surface area contributed by atoms with E-state index in [0.29, 0.717) is 16.5 Å². The molecule has 0 unspecified atom stereocenters. The molecule has 5 nitrogen and oxygen atoms in total. The zero-order valence-corrected chi connectivity index (χ0v) is 11.0. The number of amides is 1. The monoisotopic (exact) mass is 287 g/mol. The molecule has 0 aliphatic carbocycles. The van der Waals surface area contributed by atoms with Gasteiger partial charge in [0, 0.05) is 5.02 Å². The number of imidazole rings is 1. The molecule has 0 saturated carbocycles. The number of nitrogens with zero attached hydrogens (tertiary/aromatic N) is 1. The molecular formula is C14H10ClN3O2. The third kappa shape index (κ3) is 2.31. The van der Waals surface area contributed by atoms with Crippen LogP contribution in [-0.2, 0) is 0 Å². The third-order valence-corrected chi connectivity index (χ3v) is 3.06. The smallest absolute Gasteiger partial charge is 0.261 e. The minimum absolute atomic E-state index is 0.0795. The highest BCUT2D eigenvalue weighted by molar-refractivity contribution is 6.31. The van der Waals surface area contributed by atoms with E-state index in [4.69, 9.17) is 11.6 Å². The van der Waals surface area contributed by atoms with E-state index < -0.39 is 5.91 Å². The maximum atomic E-state index is 12.0. The number of para-hydroxylation sites is 1. The molecule has 20 heavy (non-hydrogen) atoms. The fraction of sp³-hybridized carbons (Fsp3) is 0. The van der Waals surface area contributed by atoms with Crippen LogP contribution in [0.3, 0.4) is 0 Å². The van der Waals surface area contributed by atoms with E-state index in [1.165, 1.54) is 12.1 Å². The summed E-state index contributed by atoms with van der Waals surface area (Å²) in [7, 11) is 0. The molecule has 0 radical (unpaired) electrons. The van der Waals surface area contributed by atoms with Gasteiger partial charge in [0.25, 0.3) is 5.91 Å². The van der Waals surface area contributed by atoms with Crippen LogP contribution in [-0.4, -0.2) is 21.0 Å². The van der Waals surface area contributed by atoms with Crippen molar-refractivity contribution in [3.63, 3.8) is 0 Å². The van der Waals surface area contributed by atoms with Gasteiger partial charge in [0.1, 0.15) is 5.75 Å². The number of aromatic amines is 1. The van der Waals surface area contributed by atoms with Crippen LogP contribution < -0.4 is 5.32 Å². The van der Waals surface area contributed by atoms with Crippen molar-refractivity contribution in [2.45, 2.75) is 0 Å². The SMILES string of the molecule is O=C(Nc1nc2ccc(Cl)cc2[nH]1)c1ccccc1O. The first kappa shape index (κ1) is 12.5. The Kier molecular flexibility index (Phi) is 3.04. The van der Waals surface area contributed by atoms with Crippen molar-refractivity contribution >= 4 is 34.5 Å². The third-order valence-electron chi connectivity index (χ3n) is 2.82. The second-order valence-electron chi connectivity index (χ2n) is 4.22. The number of benzene rings is 2. The Morgan fingerprint density at radius 3 is 2.85 bits per heavy atom. The van der Waals surface area contributed by atoms with Gasteiger partial charge in [-0.05, 0) is 30.3 Å². The molecule has 0 saturated heterocycles. The summed E-state index contributed by atoms with van der Waals surface area (Å²) in [5.41, 5.74) is 1.61. The lowest BCUT2D eigenvalue weighted by molar-refractivity contribution is 0.102. The Hall–Kier alpha value is -2.53. The van der Waals surface area contributed by atoms with Crippen molar-refractivity contribution in [1.29, 1.82) is 0 Å². The number of phenolic OH excluding ortho intramolecular Hbond substituents is 1. The Labute approximate surface area is 119 Å². The largest absolute Gasteiger partial charge is 0.507 e. The van der Waals surface area contributed by atoms with Crippen LogP contribution in [0.25, 0.3) is 11.0 Å². The quantitative estimate of drug-likeness (QED) is 0.677. The van der Waals surface area contributed by atoms with Gasteiger partial charge in [-0.1, -0.05) is 23.7 Å². The van der Waals surface area contributed by atoms with Gasteiger partial charge in [0.05, 0.1) is 16.6 Å². The molecule has 3 aromatic rings. The summed E-state index contributed by atoms with van der Waals surface area (Å²) in [4.78, 5) is 19.2. The van der Waals surface area contributed by atoms with Crippen molar-refractivity contribution in [2.75, 3.05) is 5.32 Å². The number of halogens is 1. The summed E-state index contributed by atoms with van der Waals surface area (Å²) in [6.07, 6.45) is 0. The Bertz CT molecular complexity index is 798. The van der Waals surface area contributed by atoms with E-state index in [0.717, 1.165) is 5.52 Å². The molecule has 0 atom stereocenters. The van der Waals surface area contributed by atoms with E-state index >= 15 is 0 Å². The molecule has 0 aliphatic rings. The first-order chi connectivity index (χ1) is 9.63. The molecule has 2 aromatic carbocycles. The lowest BCUT2D eigenvalue weighted by Gasteiger charge is -2.03. The number of H-pyrrole nitrogens is 1. The minimum atomic E-state index is -0.437. The molecular weight excluding hydrogens is 278 g/mol. The van der Waals surface area contributed by atoms with Crippen LogP contribution >= 0.6 is 11.6 Å². The topological polar surface area (TPSA) is 78.0 Å². The number of phenols is 1. The first-order valence-electron chi connectivity index (χ1n) is 5.88. The summed E-state index contributed by atoms with van der Waals surface area (Å²) in [5, 5.41) is 12.8. The van der Waals surface area contributed by atoms with Crippen molar-refractivity contribution in [3.8, 4) is 5.75 Å². The van der Waals surface area contributed by atoms with E-state index in [9.17, 15) is 9.90 Å². The van der Waals surface area contributed by atoms with Crippen LogP contribution in [0.1, 0.15) is 10.4 Å². The van der Waals surface area contributed by atoms with Crippen molar-refractivity contribution in [2.24, 2.45) is 0 Å². The maximum absolute atomic E-state index is 12.0. The second kappa shape index (κ2) is 4.86. The lowest BCUT2D eigenvalue weighted by Crippen LogP contribution is -2.12. The number of aromatic hydroxyl groups is 1. The summed E-state index contributed by atoms with van der Waals surface area (Å²) >= 11 is 5.88. The summed E-state index contributed by atoms with van der Waals surface area (Å²) in [5.74, 6) is -0.215. The number of rotatable bonds is 2. The van der Waals surface area contributed by atoms with Crippen molar-refractivity contribution in [1.82, 2.24) is 9.97 Å². The molecule has 6 heteroatoms. The summed E-state index contributed by atoms with van der Waals surface area (Å²) in [6, 6.07) is 11.5. The van der Waals surface area contributed by atoms with E-state index in [1.54, 1.807) is 30.3 Å². The molecule has 0 bridgehead atoms. The molecule has 1 heterocycles. The Morgan fingerprint density at radius 1 is 1.25 bits per heavy atom. The zero-order chi connectivity index (χ0) is 14.1. The van der Waals surface area contributed by atoms with Crippen LogP contribution in [0.2, 0.25) is 5.02 Å². The van der Waals surface area contributed by atoms with E-state index in [1.807, 2.05) is 0 Å². The lowest BCUT2D eigenvalue weighted by atomic mass is 10.2. The molecule has 0 fully saturated rings. The Morgan fingerprint density at radius 2 is 2.05 bits per heavy atom.